The molecule has 2 heteroatoms. The van der Waals surface area contributed by atoms with Gasteiger partial charge in [0.2, 0.25) is 0 Å². The SMILES string of the molecule is C=C(C)CN(CC)[C@H](C)CCc1ccc(OC)cc1. The summed E-state index contributed by atoms with van der Waals surface area (Å²) in [5, 5.41) is 0. The molecule has 0 aromatic heterocycles. The number of hydrogen-bond donors (Lipinski definition) is 0. The van der Waals surface area contributed by atoms with Crippen LogP contribution in [0.3, 0.4) is 0 Å². The number of nitrogens with zero attached hydrogens (tertiary/aromatic N) is 1. The highest BCUT2D eigenvalue weighted by molar-refractivity contribution is 5.27. The number of methoxy groups -OCH3 is 1. The maximum absolute atomic E-state index is 5.18. The van der Waals surface area contributed by atoms with Gasteiger partial charge < -0.3 is 4.74 Å². The highest BCUT2D eigenvalue weighted by Crippen LogP contribution is 2.15. The molecule has 1 aromatic rings. The lowest BCUT2D eigenvalue weighted by Gasteiger charge is -2.28. The summed E-state index contributed by atoms with van der Waals surface area (Å²) >= 11 is 0. The maximum Gasteiger partial charge on any atom is 0.118 e. The van der Waals surface area contributed by atoms with Crippen LogP contribution in [0.15, 0.2) is 36.4 Å². The Balaban J connectivity index is 2.47. The van der Waals surface area contributed by atoms with E-state index < -0.39 is 0 Å². The second-order valence-electron chi connectivity index (χ2n) is 5.26. The van der Waals surface area contributed by atoms with E-state index in [2.05, 4.69) is 44.4 Å². The average molecular weight is 261 g/mol. The van der Waals surface area contributed by atoms with E-state index >= 15 is 0 Å². The first-order valence-electron chi connectivity index (χ1n) is 7.08. The highest BCUT2D eigenvalue weighted by atomic mass is 16.5. The fraction of sp³-hybridized carbons (Fsp3) is 0.529. The van der Waals surface area contributed by atoms with Crippen LogP contribution >= 0.6 is 0 Å². The topological polar surface area (TPSA) is 12.5 Å². The Bertz CT molecular complexity index is 383. The van der Waals surface area contributed by atoms with Gasteiger partial charge in [-0.3, -0.25) is 4.90 Å². The van der Waals surface area contributed by atoms with Crippen molar-refractivity contribution in [2.75, 3.05) is 20.2 Å². The first kappa shape index (κ1) is 15.8. The number of ether oxygens (including phenoxy) is 1. The van der Waals surface area contributed by atoms with E-state index in [1.807, 2.05) is 12.1 Å². The number of aryl methyl sites for hydroxylation is 1. The molecule has 0 aliphatic heterocycles. The Morgan fingerprint density at radius 2 is 1.95 bits per heavy atom. The van der Waals surface area contributed by atoms with Crippen LogP contribution in [-0.2, 0) is 6.42 Å². The molecule has 0 aliphatic rings. The second-order valence-corrected chi connectivity index (χ2v) is 5.26. The summed E-state index contributed by atoms with van der Waals surface area (Å²) in [6.07, 6.45) is 2.28. The number of rotatable bonds is 8. The zero-order chi connectivity index (χ0) is 14.3. The molecule has 0 bridgehead atoms. The van der Waals surface area contributed by atoms with E-state index in [1.54, 1.807) is 7.11 Å². The molecular formula is C17H27NO. The van der Waals surface area contributed by atoms with Crippen LogP contribution in [0.5, 0.6) is 5.75 Å². The monoisotopic (exact) mass is 261 g/mol. The van der Waals surface area contributed by atoms with Gasteiger partial charge in [-0.1, -0.05) is 31.2 Å². The largest absolute Gasteiger partial charge is 0.497 e. The summed E-state index contributed by atoms with van der Waals surface area (Å²) in [4.78, 5) is 2.48. The van der Waals surface area contributed by atoms with Gasteiger partial charge in [0.15, 0.2) is 0 Å². The van der Waals surface area contributed by atoms with Crippen molar-refractivity contribution in [1.29, 1.82) is 0 Å². The molecule has 1 aromatic carbocycles. The molecule has 106 valence electrons. The number of likely N-dealkylation sites (N-methyl/N-ethyl adjacent to an activating group) is 1. The van der Waals surface area contributed by atoms with Gasteiger partial charge in [0, 0.05) is 12.6 Å². The predicted octanol–water partition coefficient (Wildman–Crippen LogP) is 3.91. The van der Waals surface area contributed by atoms with Crippen molar-refractivity contribution < 1.29 is 4.74 Å². The molecule has 1 rings (SSSR count). The van der Waals surface area contributed by atoms with Crippen molar-refractivity contribution in [3.05, 3.63) is 42.0 Å². The van der Waals surface area contributed by atoms with Crippen molar-refractivity contribution in [3.63, 3.8) is 0 Å². The minimum atomic E-state index is 0.587. The van der Waals surface area contributed by atoms with Crippen LogP contribution in [0.4, 0.5) is 0 Å². The second kappa shape index (κ2) is 8.00. The molecule has 1 atom stereocenters. The minimum absolute atomic E-state index is 0.587. The summed E-state index contributed by atoms with van der Waals surface area (Å²) in [6, 6.07) is 8.96. The summed E-state index contributed by atoms with van der Waals surface area (Å²) in [6.45, 7) is 12.7. The summed E-state index contributed by atoms with van der Waals surface area (Å²) in [5.41, 5.74) is 2.61. The van der Waals surface area contributed by atoms with Crippen molar-refractivity contribution in [2.45, 2.75) is 39.7 Å². The molecule has 0 radical (unpaired) electrons. The third-order valence-electron chi connectivity index (χ3n) is 3.51. The molecule has 0 N–H and O–H groups in total. The van der Waals surface area contributed by atoms with Crippen LogP contribution in [0.2, 0.25) is 0 Å². The van der Waals surface area contributed by atoms with E-state index in [-0.39, 0.29) is 0 Å². The normalized spacial score (nSPS) is 12.5. The molecular weight excluding hydrogens is 234 g/mol. The third kappa shape index (κ3) is 5.48. The van der Waals surface area contributed by atoms with Gasteiger partial charge in [0.05, 0.1) is 7.11 Å². The average Bonchev–Trinajstić information content (AvgIpc) is 2.42. The van der Waals surface area contributed by atoms with Gasteiger partial charge in [-0.05, 0) is 50.9 Å². The van der Waals surface area contributed by atoms with E-state index in [0.717, 1.165) is 25.3 Å². The fourth-order valence-corrected chi connectivity index (χ4v) is 2.28. The van der Waals surface area contributed by atoms with Crippen LogP contribution < -0.4 is 4.74 Å². The first-order chi connectivity index (χ1) is 9.06. The lowest BCUT2D eigenvalue weighted by molar-refractivity contribution is 0.228. The fourth-order valence-electron chi connectivity index (χ4n) is 2.28. The van der Waals surface area contributed by atoms with Gasteiger partial charge in [0.25, 0.3) is 0 Å². The number of benzene rings is 1. The number of hydrogen-bond acceptors (Lipinski definition) is 2. The van der Waals surface area contributed by atoms with Crippen molar-refractivity contribution in [3.8, 4) is 5.75 Å². The Labute approximate surface area is 118 Å². The van der Waals surface area contributed by atoms with Crippen molar-refractivity contribution in [2.24, 2.45) is 0 Å². The van der Waals surface area contributed by atoms with E-state index in [4.69, 9.17) is 4.74 Å². The molecule has 0 spiro atoms. The zero-order valence-electron chi connectivity index (χ0n) is 12.8. The molecule has 0 saturated heterocycles. The molecule has 0 fully saturated rings. The Hall–Kier alpha value is -1.28. The molecule has 2 nitrogen and oxygen atoms in total. The molecule has 0 aliphatic carbocycles. The smallest absolute Gasteiger partial charge is 0.118 e. The van der Waals surface area contributed by atoms with E-state index in [0.29, 0.717) is 6.04 Å². The quantitative estimate of drug-likeness (QED) is 0.658. The van der Waals surface area contributed by atoms with Gasteiger partial charge in [-0.2, -0.15) is 0 Å². The predicted molar refractivity (Wildman–Crippen MR) is 82.8 cm³/mol. The standard InChI is InChI=1S/C17H27NO/c1-6-18(13-14(2)3)15(4)7-8-16-9-11-17(19-5)12-10-16/h9-12,15H,2,6-8,13H2,1,3-5H3/t15-/m1/s1. The van der Waals surface area contributed by atoms with E-state index in [9.17, 15) is 0 Å². The summed E-state index contributed by atoms with van der Waals surface area (Å²) < 4.78 is 5.18. The van der Waals surface area contributed by atoms with Gasteiger partial charge in [0.1, 0.15) is 5.75 Å². The summed E-state index contributed by atoms with van der Waals surface area (Å²) in [5.74, 6) is 0.925. The maximum atomic E-state index is 5.18. The lowest BCUT2D eigenvalue weighted by atomic mass is 10.0. The van der Waals surface area contributed by atoms with Gasteiger partial charge in [-0.15, -0.1) is 0 Å². The molecule has 0 heterocycles. The van der Waals surface area contributed by atoms with Crippen LogP contribution in [-0.4, -0.2) is 31.1 Å². The van der Waals surface area contributed by atoms with Crippen LogP contribution in [0, 0.1) is 0 Å². The minimum Gasteiger partial charge on any atom is -0.497 e. The third-order valence-corrected chi connectivity index (χ3v) is 3.51. The van der Waals surface area contributed by atoms with Crippen LogP contribution in [0.25, 0.3) is 0 Å². The molecule has 19 heavy (non-hydrogen) atoms. The first-order valence-corrected chi connectivity index (χ1v) is 7.08. The summed E-state index contributed by atoms with van der Waals surface area (Å²) in [7, 11) is 1.70. The molecule has 0 saturated carbocycles. The highest BCUT2D eigenvalue weighted by Gasteiger charge is 2.11. The van der Waals surface area contributed by atoms with Crippen molar-refractivity contribution in [1.82, 2.24) is 4.90 Å². The lowest BCUT2D eigenvalue weighted by Crippen LogP contribution is -2.34. The van der Waals surface area contributed by atoms with Crippen molar-refractivity contribution >= 4 is 0 Å². The van der Waals surface area contributed by atoms with E-state index in [1.165, 1.54) is 17.6 Å². The van der Waals surface area contributed by atoms with Gasteiger partial charge in [-0.25, -0.2) is 0 Å². The Morgan fingerprint density at radius 1 is 1.32 bits per heavy atom. The van der Waals surface area contributed by atoms with Gasteiger partial charge >= 0.3 is 0 Å². The zero-order valence-corrected chi connectivity index (χ0v) is 12.8. The molecule has 0 unspecified atom stereocenters. The van der Waals surface area contributed by atoms with Crippen LogP contribution in [0.1, 0.15) is 32.8 Å². The Kier molecular flexibility index (Phi) is 6.65. The molecule has 0 amide bonds. The Morgan fingerprint density at radius 3 is 2.42 bits per heavy atom.